The molecule has 1 amide bonds. The molecule has 7 heteroatoms. The Morgan fingerprint density at radius 1 is 1.38 bits per heavy atom. The van der Waals surface area contributed by atoms with Crippen LogP contribution in [0, 0.1) is 24.6 Å². The van der Waals surface area contributed by atoms with Gasteiger partial charge in [0.2, 0.25) is 0 Å². The predicted molar refractivity (Wildman–Crippen MR) is 93.1 cm³/mol. The van der Waals surface area contributed by atoms with E-state index in [0.717, 1.165) is 5.82 Å². The normalized spacial score (nSPS) is 22.8. The van der Waals surface area contributed by atoms with Gasteiger partial charge in [0.1, 0.15) is 12.4 Å². The summed E-state index contributed by atoms with van der Waals surface area (Å²) < 4.78 is 18.6. The van der Waals surface area contributed by atoms with Gasteiger partial charge in [-0.1, -0.05) is 0 Å². The van der Waals surface area contributed by atoms with Crippen molar-refractivity contribution in [1.82, 2.24) is 20.1 Å². The Labute approximate surface area is 151 Å². The largest absolute Gasteiger partial charge is 0.377 e. The molecule has 26 heavy (non-hydrogen) atoms. The lowest BCUT2D eigenvalue weighted by atomic mass is 9.91. The van der Waals surface area contributed by atoms with Crippen molar-refractivity contribution < 1.29 is 13.9 Å². The summed E-state index contributed by atoms with van der Waals surface area (Å²) in [6, 6.07) is 4.55. The van der Waals surface area contributed by atoms with E-state index in [1.54, 1.807) is 26.2 Å². The van der Waals surface area contributed by atoms with E-state index >= 15 is 0 Å². The van der Waals surface area contributed by atoms with Gasteiger partial charge in [0.15, 0.2) is 11.6 Å². The zero-order valence-corrected chi connectivity index (χ0v) is 15.0. The zero-order valence-electron chi connectivity index (χ0n) is 15.0. The molecule has 0 radical (unpaired) electrons. The van der Waals surface area contributed by atoms with Gasteiger partial charge in [-0.15, -0.1) is 0 Å². The molecule has 1 aliphatic carbocycles. The van der Waals surface area contributed by atoms with Crippen LogP contribution in [0.2, 0.25) is 0 Å². The van der Waals surface area contributed by atoms with Crippen LogP contribution in [-0.2, 0) is 11.3 Å². The number of aromatic amines is 1. The first-order chi connectivity index (χ1) is 12.6. The van der Waals surface area contributed by atoms with Crippen LogP contribution >= 0.6 is 0 Å². The summed E-state index contributed by atoms with van der Waals surface area (Å²) in [5.74, 6) is 2.28. The smallest absolute Gasteiger partial charge is 0.253 e. The summed E-state index contributed by atoms with van der Waals surface area (Å²) in [5.41, 5.74) is 1.03. The lowest BCUT2D eigenvalue weighted by Gasteiger charge is -2.16. The molecule has 2 aliphatic rings. The predicted octanol–water partition coefficient (Wildman–Crippen LogP) is 2.66. The van der Waals surface area contributed by atoms with Crippen LogP contribution in [0.25, 0.3) is 0 Å². The summed E-state index contributed by atoms with van der Waals surface area (Å²) in [6.45, 7) is 3.38. The van der Waals surface area contributed by atoms with E-state index in [1.807, 2.05) is 4.90 Å². The Balaban J connectivity index is 1.55. The molecule has 1 aromatic carbocycles. The molecule has 6 nitrogen and oxygen atoms in total. The number of likely N-dealkylation sites (tertiary alicyclic amines) is 1. The number of hydrogen-bond acceptors (Lipinski definition) is 4. The van der Waals surface area contributed by atoms with Crippen LogP contribution in [0.5, 0.6) is 0 Å². The number of H-pyrrole nitrogens is 1. The molecule has 0 spiro atoms. The number of benzene rings is 1. The van der Waals surface area contributed by atoms with Crippen LogP contribution in [0.1, 0.15) is 46.3 Å². The minimum atomic E-state index is -0.289. The van der Waals surface area contributed by atoms with Crippen molar-refractivity contribution in [2.24, 2.45) is 11.8 Å². The Morgan fingerprint density at radius 3 is 2.88 bits per heavy atom. The van der Waals surface area contributed by atoms with Crippen molar-refractivity contribution in [3.8, 4) is 0 Å². The van der Waals surface area contributed by atoms with Crippen molar-refractivity contribution in [1.29, 1.82) is 0 Å². The van der Waals surface area contributed by atoms with Gasteiger partial charge in [-0.3, -0.25) is 9.89 Å². The van der Waals surface area contributed by atoms with Crippen LogP contribution in [0.4, 0.5) is 4.39 Å². The number of carbonyl (C=O) groups is 1. The van der Waals surface area contributed by atoms with Gasteiger partial charge in [0, 0.05) is 31.7 Å². The second-order valence-electron chi connectivity index (χ2n) is 7.36. The molecule has 1 aliphatic heterocycles. The third kappa shape index (κ3) is 3.23. The number of halogens is 1. The van der Waals surface area contributed by atoms with E-state index in [4.69, 9.17) is 4.74 Å². The minimum Gasteiger partial charge on any atom is -0.377 e. The molecule has 1 saturated heterocycles. The van der Waals surface area contributed by atoms with Gasteiger partial charge in [-0.25, -0.2) is 9.37 Å². The highest BCUT2D eigenvalue weighted by atomic mass is 19.1. The maximum absolute atomic E-state index is 13.5. The molecule has 2 heterocycles. The van der Waals surface area contributed by atoms with Crippen molar-refractivity contribution in [3.63, 3.8) is 0 Å². The first-order valence-electron chi connectivity index (χ1n) is 9.02. The van der Waals surface area contributed by atoms with Crippen LogP contribution < -0.4 is 0 Å². The van der Waals surface area contributed by atoms with Crippen LogP contribution in [0.3, 0.4) is 0 Å². The van der Waals surface area contributed by atoms with Gasteiger partial charge in [0.05, 0.1) is 0 Å². The summed E-state index contributed by atoms with van der Waals surface area (Å²) in [7, 11) is 1.62. The minimum absolute atomic E-state index is 0.0473. The molecule has 4 rings (SSSR count). The Bertz CT molecular complexity index is 818. The number of carbonyl (C=O) groups excluding carboxylic acids is 1. The van der Waals surface area contributed by atoms with Crippen molar-refractivity contribution in [3.05, 3.63) is 46.8 Å². The topological polar surface area (TPSA) is 71.1 Å². The molecule has 1 aromatic heterocycles. The van der Waals surface area contributed by atoms with Crippen molar-refractivity contribution in [2.45, 2.75) is 32.3 Å². The van der Waals surface area contributed by atoms with Crippen molar-refractivity contribution in [2.75, 3.05) is 20.2 Å². The molecule has 2 fully saturated rings. The number of hydrogen-bond donors (Lipinski definition) is 1. The first kappa shape index (κ1) is 17.1. The van der Waals surface area contributed by atoms with Gasteiger partial charge in [-0.2, -0.15) is 5.10 Å². The summed E-state index contributed by atoms with van der Waals surface area (Å²) in [6.07, 6.45) is 2.41. The van der Waals surface area contributed by atoms with Gasteiger partial charge in [0.25, 0.3) is 5.91 Å². The van der Waals surface area contributed by atoms with E-state index in [-0.39, 0.29) is 17.6 Å². The van der Waals surface area contributed by atoms with E-state index in [2.05, 4.69) is 15.2 Å². The highest BCUT2D eigenvalue weighted by Gasteiger charge is 2.46. The van der Waals surface area contributed by atoms with Crippen molar-refractivity contribution >= 4 is 5.91 Å². The molecule has 0 bridgehead atoms. The number of amides is 1. The fourth-order valence-corrected chi connectivity index (χ4v) is 3.91. The standard InChI is InChI=1S/C19H23FN4O2/c1-11-7-13(5-6-16(11)20)19(25)24-8-14(12-3-4-12)15(9-24)18-21-17(10-26-2)22-23-18/h5-7,12,14-15H,3-4,8-10H2,1-2H3,(H,21,22,23)/t14-,15+/m1/s1. The van der Waals surface area contributed by atoms with E-state index in [9.17, 15) is 9.18 Å². The lowest BCUT2D eigenvalue weighted by Crippen LogP contribution is -2.29. The number of methoxy groups -OCH3 is 1. The third-order valence-electron chi connectivity index (χ3n) is 5.45. The number of ether oxygens (including phenoxy) is 1. The van der Waals surface area contributed by atoms with Gasteiger partial charge in [-0.05, 0) is 55.4 Å². The Kier molecular flexibility index (Phi) is 4.48. The average Bonchev–Trinajstić information content (AvgIpc) is 3.21. The quantitative estimate of drug-likeness (QED) is 0.892. The second-order valence-corrected chi connectivity index (χ2v) is 7.36. The Hall–Kier alpha value is -2.28. The van der Waals surface area contributed by atoms with E-state index < -0.39 is 0 Å². The van der Waals surface area contributed by atoms with Gasteiger partial charge >= 0.3 is 0 Å². The number of nitrogens with one attached hydrogen (secondary N) is 1. The molecule has 1 N–H and O–H groups in total. The first-order valence-corrected chi connectivity index (χ1v) is 9.02. The summed E-state index contributed by atoms with van der Waals surface area (Å²) in [4.78, 5) is 19.3. The molecule has 2 aromatic rings. The molecule has 0 unspecified atom stereocenters. The molecular formula is C19H23FN4O2. The number of aryl methyl sites for hydroxylation is 1. The number of rotatable bonds is 5. The molecule has 2 atom stereocenters. The van der Waals surface area contributed by atoms with E-state index in [1.165, 1.54) is 18.9 Å². The maximum Gasteiger partial charge on any atom is 0.253 e. The fourth-order valence-electron chi connectivity index (χ4n) is 3.91. The van der Waals surface area contributed by atoms with Crippen LogP contribution in [-0.4, -0.2) is 46.2 Å². The number of nitrogens with zero attached hydrogens (tertiary/aromatic N) is 3. The van der Waals surface area contributed by atoms with Crippen LogP contribution in [0.15, 0.2) is 18.2 Å². The zero-order chi connectivity index (χ0) is 18.3. The highest BCUT2D eigenvalue weighted by molar-refractivity contribution is 5.94. The fraction of sp³-hybridized carbons (Fsp3) is 0.526. The Morgan fingerprint density at radius 2 is 2.19 bits per heavy atom. The van der Waals surface area contributed by atoms with E-state index in [0.29, 0.717) is 48.5 Å². The number of aromatic nitrogens is 3. The third-order valence-corrected chi connectivity index (χ3v) is 5.45. The van der Waals surface area contributed by atoms with Gasteiger partial charge < -0.3 is 9.64 Å². The molecule has 1 saturated carbocycles. The maximum atomic E-state index is 13.5. The average molecular weight is 358 g/mol. The lowest BCUT2D eigenvalue weighted by molar-refractivity contribution is 0.0784. The monoisotopic (exact) mass is 358 g/mol. The molecule has 138 valence electrons. The SMILES string of the molecule is COCc1nc([C@H]2CN(C(=O)c3ccc(F)c(C)c3)C[C@@H]2C2CC2)n[nH]1. The second kappa shape index (κ2) is 6.79. The summed E-state index contributed by atoms with van der Waals surface area (Å²) >= 11 is 0. The molecular weight excluding hydrogens is 335 g/mol. The summed E-state index contributed by atoms with van der Waals surface area (Å²) in [5, 5.41) is 7.29. The highest BCUT2D eigenvalue weighted by Crippen LogP contribution is 2.47.